The molecule has 0 spiro atoms. The van der Waals surface area contributed by atoms with Gasteiger partial charge in [-0.3, -0.25) is 19.7 Å². The lowest BCUT2D eigenvalue weighted by molar-refractivity contribution is -0.384. The highest BCUT2D eigenvalue weighted by atomic mass is 16.6. The van der Waals surface area contributed by atoms with Crippen LogP contribution in [0.4, 0.5) is 11.4 Å². The van der Waals surface area contributed by atoms with E-state index >= 15 is 0 Å². The Balaban J connectivity index is 1.69. The number of ether oxygens (including phenoxy) is 1. The monoisotopic (exact) mass is 418 g/mol. The Morgan fingerprint density at radius 1 is 0.935 bits per heavy atom. The molecule has 0 aromatic heterocycles. The van der Waals surface area contributed by atoms with Crippen LogP contribution in [0.3, 0.4) is 0 Å². The summed E-state index contributed by atoms with van der Waals surface area (Å²) in [5, 5.41) is 13.5. The number of anilines is 1. The topological polar surface area (TPSA) is 116 Å². The number of hydrogen-bond donors (Lipinski definition) is 1. The number of aryl methyl sites for hydroxylation is 1. The van der Waals surface area contributed by atoms with Crippen LogP contribution in [0.2, 0.25) is 0 Å². The molecule has 0 unspecified atom stereocenters. The molecule has 0 saturated carbocycles. The largest absolute Gasteiger partial charge is 0.454 e. The average Bonchev–Trinajstić information content (AvgIpc) is 2.78. The SMILES string of the molecule is Cc1ccc(C(=O)Nc2ccccc2C(=O)OCC(=O)c2cccc([N+](=O)[O-])c2)cc1. The Bertz CT molecular complexity index is 1150. The average molecular weight is 418 g/mol. The van der Waals surface area contributed by atoms with Gasteiger partial charge in [0.2, 0.25) is 5.78 Å². The normalized spacial score (nSPS) is 10.2. The number of hydrogen-bond acceptors (Lipinski definition) is 6. The van der Waals surface area contributed by atoms with Crippen molar-refractivity contribution in [3.05, 3.63) is 105 Å². The third-order valence-corrected chi connectivity index (χ3v) is 4.42. The third kappa shape index (κ3) is 5.39. The van der Waals surface area contributed by atoms with Gasteiger partial charge in [0.1, 0.15) is 0 Å². The number of esters is 1. The highest BCUT2D eigenvalue weighted by Gasteiger charge is 2.18. The lowest BCUT2D eigenvalue weighted by Crippen LogP contribution is -2.18. The van der Waals surface area contributed by atoms with Crippen LogP contribution < -0.4 is 5.32 Å². The number of carbonyl (C=O) groups is 3. The number of nitrogens with one attached hydrogen (secondary N) is 1. The van der Waals surface area contributed by atoms with Crippen molar-refractivity contribution in [1.29, 1.82) is 0 Å². The molecule has 31 heavy (non-hydrogen) atoms. The molecular formula is C23H18N2O6. The number of nitrogens with zero attached hydrogens (tertiary/aromatic N) is 1. The number of non-ortho nitro benzene ring substituents is 1. The van der Waals surface area contributed by atoms with E-state index in [4.69, 9.17) is 4.74 Å². The van der Waals surface area contributed by atoms with Gasteiger partial charge in [-0.1, -0.05) is 42.0 Å². The van der Waals surface area contributed by atoms with Crippen molar-refractivity contribution in [2.75, 3.05) is 11.9 Å². The van der Waals surface area contributed by atoms with Crippen LogP contribution in [0.25, 0.3) is 0 Å². The van der Waals surface area contributed by atoms with Crippen molar-refractivity contribution in [3.8, 4) is 0 Å². The van der Waals surface area contributed by atoms with Crippen molar-refractivity contribution < 1.29 is 24.0 Å². The molecule has 0 radical (unpaired) electrons. The van der Waals surface area contributed by atoms with E-state index in [-0.39, 0.29) is 22.5 Å². The predicted octanol–water partition coefficient (Wildman–Crippen LogP) is 4.20. The zero-order valence-corrected chi connectivity index (χ0v) is 16.5. The van der Waals surface area contributed by atoms with Crippen molar-refractivity contribution >= 4 is 29.0 Å². The fourth-order valence-electron chi connectivity index (χ4n) is 2.75. The summed E-state index contributed by atoms with van der Waals surface area (Å²) in [6, 6.07) is 18.4. The second-order valence-electron chi connectivity index (χ2n) is 6.67. The Morgan fingerprint density at radius 3 is 2.35 bits per heavy atom. The summed E-state index contributed by atoms with van der Waals surface area (Å²) in [5.41, 5.74) is 1.57. The standard InChI is InChI=1S/C23H18N2O6/c1-15-9-11-16(12-10-15)22(27)24-20-8-3-2-7-19(20)23(28)31-14-21(26)17-5-4-6-18(13-17)25(29)30/h2-13H,14H2,1H3,(H,24,27). The van der Waals surface area contributed by atoms with E-state index in [1.165, 1.54) is 24.3 Å². The predicted molar refractivity (Wildman–Crippen MR) is 113 cm³/mol. The number of ketones is 1. The van der Waals surface area contributed by atoms with Crippen molar-refractivity contribution in [3.63, 3.8) is 0 Å². The molecule has 0 heterocycles. The minimum absolute atomic E-state index is 0.0583. The van der Waals surface area contributed by atoms with Crippen LogP contribution in [-0.4, -0.2) is 29.2 Å². The summed E-state index contributed by atoms with van der Waals surface area (Å²) < 4.78 is 5.08. The summed E-state index contributed by atoms with van der Waals surface area (Å²) in [6.45, 7) is 1.31. The molecular weight excluding hydrogens is 400 g/mol. The van der Waals surface area contributed by atoms with Crippen molar-refractivity contribution in [1.82, 2.24) is 0 Å². The van der Waals surface area contributed by atoms with Gasteiger partial charge in [0, 0.05) is 23.3 Å². The highest BCUT2D eigenvalue weighted by molar-refractivity contribution is 6.08. The first-order chi connectivity index (χ1) is 14.8. The van der Waals surface area contributed by atoms with Crippen LogP contribution in [0.15, 0.2) is 72.8 Å². The van der Waals surface area contributed by atoms with E-state index in [1.54, 1.807) is 42.5 Å². The molecule has 0 atom stereocenters. The van der Waals surface area contributed by atoms with Crippen LogP contribution in [0.5, 0.6) is 0 Å². The molecule has 0 aliphatic rings. The van der Waals surface area contributed by atoms with Crippen molar-refractivity contribution in [2.45, 2.75) is 6.92 Å². The van der Waals surface area contributed by atoms with E-state index in [9.17, 15) is 24.5 Å². The molecule has 0 bridgehead atoms. The van der Waals surface area contributed by atoms with Gasteiger partial charge in [0.25, 0.3) is 11.6 Å². The maximum Gasteiger partial charge on any atom is 0.340 e. The quantitative estimate of drug-likeness (QED) is 0.266. The first kappa shape index (κ1) is 21.4. The van der Waals surface area contributed by atoms with Gasteiger partial charge in [-0.05, 0) is 31.2 Å². The fourth-order valence-corrected chi connectivity index (χ4v) is 2.75. The van der Waals surface area contributed by atoms with Crippen molar-refractivity contribution in [2.24, 2.45) is 0 Å². The third-order valence-electron chi connectivity index (χ3n) is 4.42. The van der Waals surface area contributed by atoms with E-state index in [0.717, 1.165) is 11.6 Å². The van der Waals surface area contributed by atoms with Gasteiger partial charge in [-0.25, -0.2) is 4.79 Å². The molecule has 8 nitrogen and oxygen atoms in total. The van der Waals surface area contributed by atoms with Gasteiger partial charge < -0.3 is 10.1 Å². The van der Waals surface area contributed by atoms with Crippen LogP contribution >= 0.6 is 0 Å². The van der Waals surface area contributed by atoms with Gasteiger partial charge >= 0.3 is 5.97 Å². The molecule has 1 amide bonds. The van der Waals surface area contributed by atoms with Gasteiger partial charge in [0.15, 0.2) is 6.61 Å². The first-order valence-corrected chi connectivity index (χ1v) is 9.27. The lowest BCUT2D eigenvalue weighted by atomic mass is 10.1. The molecule has 0 aliphatic carbocycles. The summed E-state index contributed by atoms with van der Waals surface area (Å²) in [4.78, 5) is 47.5. The molecule has 3 aromatic carbocycles. The van der Waals surface area contributed by atoms with Crippen LogP contribution in [0.1, 0.15) is 36.6 Å². The lowest BCUT2D eigenvalue weighted by Gasteiger charge is -2.11. The number of carbonyl (C=O) groups excluding carboxylic acids is 3. The molecule has 1 N–H and O–H groups in total. The Hall–Kier alpha value is -4.33. The Morgan fingerprint density at radius 2 is 1.65 bits per heavy atom. The van der Waals surface area contributed by atoms with Gasteiger partial charge in [-0.2, -0.15) is 0 Å². The van der Waals surface area contributed by atoms with E-state index in [1.807, 2.05) is 6.92 Å². The van der Waals surface area contributed by atoms with E-state index < -0.39 is 29.2 Å². The summed E-state index contributed by atoms with van der Waals surface area (Å²) in [7, 11) is 0. The molecule has 0 aliphatic heterocycles. The zero-order valence-electron chi connectivity index (χ0n) is 16.5. The Labute approximate surface area is 177 Å². The number of para-hydroxylation sites is 1. The van der Waals surface area contributed by atoms with Crippen LogP contribution in [0, 0.1) is 17.0 Å². The van der Waals surface area contributed by atoms with Gasteiger partial charge in [0.05, 0.1) is 16.2 Å². The van der Waals surface area contributed by atoms with E-state index in [0.29, 0.717) is 5.56 Å². The number of rotatable bonds is 7. The fraction of sp³-hybridized carbons (Fsp3) is 0.0870. The summed E-state index contributed by atoms with van der Waals surface area (Å²) in [5.74, 6) is -1.79. The highest BCUT2D eigenvalue weighted by Crippen LogP contribution is 2.19. The second-order valence-corrected chi connectivity index (χ2v) is 6.67. The summed E-state index contributed by atoms with van der Waals surface area (Å²) in [6.07, 6.45) is 0. The maximum atomic E-state index is 12.5. The van der Waals surface area contributed by atoms with Crippen LogP contribution in [-0.2, 0) is 4.74 Å². The number of amides is 1. The van der Waals surface area contributed by atoms with E-state index in [2.05, 4.69) is 5.32 Å². The zero-order chi connectivity index (χ0) is 22.4. The van der Waals surface area contributed by atoms with Gasteiger partial charge in [-0.15, -0.1) is 0 Å². The second kappa shape index (κ2) is 9.45. The smallest absolute Gasteiger partial charge is 0.340 e. The maximum absolute atomic E-state index is 12.5. The molecule has 0 saturated heterocycles. The molecule has 156 valence electrons. The number of Topliss-reactive ketones (excluding diaryl/α,β-unsaturated/α-hetero) is 1. The number of benzene rings is 3. The molecule has 8 heteroatoms. The molecule has 3 aromatic rings. The minimum Gasteiger partial charge on any atom is -0.454 e. The Kier molecular flexibility index (Phi) is 6.51. The number of nitro groups is 1. The molecule has 0 fully saturated rings. The first-order valence-electron chi connectivity index (χ1n) is 9.27. The minimum atomic E-state index is -0.807. The number of nitro benzene ring substituents is 1. The molecule has 3 rings (SSSR count). The summed E-state index contributed by atoms with van der Waals surface area (Å²) >= 11 is 0.